The van der Waals surface area contributed by atoms with Gasteiger partial charge in [0.25, 0.3) is 0 Å². The molecule has 0 saturated heterocycles. The number of aryl methyl sites for hydroxylation is 1. The van der Waals surface area contributed by atoms with Gasteiger partial charge < -0.3 is 20.5 Å². The van der Waals surface area contributed by atoms with E-state index in [0.717, 1.165) is 43.0 Å². The Kier molecular flexibility index (Phi) is 10.8. The number of hydrogen-bond acceptors (Lipinski definition) is 3. The van der Waals surface area contributed by atoms with Crippen LogP contribution in [0, 0.1) is 5.92 Å². The summed E-state index contributed by atoms with van der Waals surface area (Å²) in [6.07, 6.45) is 1.84. The maximum atomic E-state index is 5.80. The number of aliphatic imine (C=N–C) groups is 1. The van der Waals surface area contributed by atoms with Gasteiger partial charge in [0.2, 0.25) is 0 Å². The third-order valence-electron chi connectivity index (χ3n) is 3.04. The fourth-order valence-electron chi connectivity index (χ4n) is 1.91. The van der Waals surface area contributed by atoms with Gasteiger partial charge in [0.1, 0.15) is 11.5 Å². The van der Waals surface area contributed by atoms with Crippen LogP contribution in [0.2, 0.25) is 0 Å². The van der Waals surface area contributed by atoms with Crippen LogP contribution in [0.15, 0.2) is 23.2 Å². The number of nitrogens with two attached hydrogens (primary N) is 1. The molecule has 1 aromatic carbocycles. The zero-order chi connectivity index (χ0) is 15.7. The Labute approximate surface area is 150 Å². The van der Waals surface area contributed by atoms with Gasteiger partial charge >= 0.3 is 0 Å². The van der Waals surface area contributed by atoms with Crippen LogP contribution in [-0.2, 0) is 6.42 Å². The first-order valence-corrected chi connectivity index (χ1v) is 7.31. The average molecular weight is 421 g/mol. The van der Waals surface area contributed by atoms with Crippen molar-refractivity contribution in [3.05, 3.63) is 23.8 Å². The number of methoxy groups -OCH3 is 2. The van der Waals surface area contributed by atoms with Crippen molar-refractivity contribution in [2.24, 2.45) is 16.6 Å². The number of nitrogens with zero attached hydrogens (tertiary/aromatic N) is 1. The molecule has 0 amide bonds. The van der Waals surface area contributed by atoms with E-state index < -0.39 is 0 Å². The molecule has 0 bridgehead atoms. The first kappa shape index (κ1) is 20.8. The summed E-state index contributed by atoms with van der Waals surface area (Å²) in [4.78, 5) is 4.27. The topological polar surface area (TPSA) is 68.9 Å². The number of ether oxygens (including phenoxy) is 2. The van der Waals surface area contributed by atoms with Gasteiger partial charge in [0.15, 0.2) is 5.96 Å². The Morgan fingerprint density at radius 2 is 2.00 bits per heavy atom. The molecule has 6 heteroatoms. The molecule has 22 heavy (non-hydrogen) atoms. The van der Waals surface area contributed by atoms with Gasteiger partial charge in [0.05, 0.1) is 14.2 Å². The minimum atomic E-state index is 0. The lowest BCUT2D eigenvalue weighted by atomic mass is 10.1. The van der Waals surface area contributed by atoms with Crippen molar-refractivity contribution in [1.82, 2.24) is 5.32 Å². The Morgan fingerprint density at radius 1 is 1.27 bits per heavy atom. The summed E-state index contributed by atoms with van der Waals surface area (Å²) >= 11 is 0. The predicted molar refractivity (Wildman–Crippen MR) is 103 cm³/mol. The van der Waals surface area contributed by atoms with Gasteiger partial charge in [-0.25, -0.2) is 0 Å². The molecule has 0 saturated carbocycles. The first-order chi connectivity index (χ1) is 10.1. The Hall–Kier alpha value is -1.18. The first-order valence-electron chi connectivity index (χ1n) is 7.31. The molecule has 0 heterocycles. The number of halogens is 1. The molecule has 0 spiro atoms. The number of guanidine groups is 1. The molecule has 0 unspecified atom stereocenters. The molecule has 0 atom stereocenters. The third kappa shape index (κ3) is 7.72. The van der Waals surface area contributed by atoms with Gasteiger partial charge in [0, 0.05) is 13.1 Å². The van der Waals surface area contributed by atoms with Gasteiger partial charge in [-0.15, -0.1) is 24.0 Å². The van der Waals surface area contributed by atoms with Crippen molar-refractivity contribution in [2.75, 3.05) is 27.3 Å². The molecular formula is C16H28IN3O2. The van der Waals surface area contributed by atoms with Crippen LogP contribution in [-0.4, -0.2) is 33.3 Å². The van der Waals surface area contributed by atoms with E-state index >= 15 is 0 Å². The molecule has 1 rings (SSSR count). The molecule has 0 aliphatic rings. The lowest BCUT2D eigenvalue weighted by Crippen LogP contribution is -2.33. The van der Waals surface area contributed by atoms with Crippen molar-refractivity contribution in [1.29, 1.82) is 0 Å². The van der Waals surface area contributed by atoms with E-state index in [-0.39, 0.29) is 24.0 Å². The molecule has 0 radical (unpaired) electrons. The van der Waals surface area contributed by atoms with E-state index in [1.807, 2.05) is 18.2 Å². The van der Waals surface area contributed by atoms with Crippen LogP contribution >= 0.6 is 24.0 Å². The summed E-state index contributed by atoms with van der Waals surface area (Å²) in [7, 11) is 3.35. The molecule has 0 aliphatic heterocycles. The Morgan fingerprint density at radius 3 is 2.59 bits per heavy atom. The van der Waals surface area contributed by atoms with Crippen LogP contribution in [0.4, 0.5) is 0 Å². The zero-order valence-electron chi connectivity index (χ0n) is 13.9. The lowest BCUT2D eigenvalue weighted by Gasteiger charge is -2.11. The predicted octanol–water partition coefficient (Wildman–Crippen LogP) is 2.81. The van der Waals surface area contributed by atoms with Crippen molar-refractivity contribution < 1.29 is 9.47 Å². The standard InChI is InChI=1S/C16H27N3O2.HI/c1-12(2)11-19-16(17)18-9-5-6-13-10-14(20-3)7-8-15(13)21-4;/h7-8,10,12H,5-6,9,11H2,1-4H3,(H3,17,18,19);1H. The minimum Gasteiger partial charge on any atom is -0.497 e. The number of benzene rings is 1. The summed E-state index contributed by atoms with van der Waals surface area (Å²) in [5, 5.41) is 3.13. The third-order valence-corrected chi connectivity index (χ3v) is 3.04. The smallest absolute Gasteiger partial charge is 0.188 e. The maximum Gasteiger partial charge on any atom is 0.188 e. The summed E-state index contributed by atoms with van der Waals surface area (Å²) in [6, 6.07) is 5.84. The van der Waals surface area contributed by atoms with Crippen LogP contribution < -0.4 is 20.5 Å². The SMILES string of the molecule is COc1ccc(OC)c(CCCNC(N)=NCC(C)C)c1.I. The number of nitrogens with one attached hydrogen (secondary N) is 1. The number of rotatable bonds is 8. The van der Waals surface area contributed by atoms with Gasteiger partial charge in [-0.1, -0.05) is 13.8 Å². The molecule has 3 N–H and O–H groups in total. The molecule has 1 aromatic rings. The van der Waals surface area contributed by atoms with E-state index in [0.29, 0.717) is 11.9 Å². The van der Waals surface area contributed by atoms with E-state index in [2.05, 4.69) is 24.2 Å². The minimum absolute atomic E-state index is 0. The summed E-state index contributed by atoms with van der Waals surface area (Å²) in [6.45, 7) is 5.77. The van der Waals surface area contributed by atoms with E-state index in [1.54, 1.807) is 14.2 Å². The van der Waals surface area contributed by atoms with Crippen LogP contribution in [0.25, 0.3) is 0 Å². The summed E-state index contributed by atoms with van der Waals surface area (Å²) < 4.78 is 10.6. The molecule has 0 aromatic heterocycles. The maximum absolute atomic E-state index is 5.80. The average Bonchev–Trinajstić information content (AvgIpc) is 2.49. The number of hydrogen-bond donors (Lipinski definition) is 2. The van der Waals surface area contributed by atoms with Crippen molar-refractivity contribution in [3.8, 4) is 11.5 Å². The van der Waals surface area contributed by atoms with Crippen LogP contribution in [0.1, 0.15) is 25.8 Å². The molecule has 0 fully saturated rings. The summed E-state index contributed by atoms with van der Waals surface area (Å²) in [5.41, 5.74) is 6.93. The van der Waals surface area contributed by atoms with Crippen LogP contribution in [0.3, 0.4) is 0 Å². The van der Waals surface area contributed by atoms with Gasteiger partial charge in [-0.3, -0.25) is 4.99 Å². The van der Waals surface area contributed by atoms with Crippen molar-refractivity contribution in [2.45, 2.75) is 26.7 Å². The summed E-state index contributed by atoms with van der Waals surface area (Å²) in [5.74, 6) is 2.77. The van der Waals surface area contributed by atoms with Crippen molar-refractivity contribution in [3.63, 3.8) is 0 Å². The fourth-order valence-corrected chi connectivity index (χ4v) is 1.91. The normalized spacial score (nSPS) is 11.0. The van der Waals surface area contributed by atoms with Crippen molar-refractivity contribution >= 4 is 29.9 Å². The molecular weight excluding hydrogens is 393 g/mol. The van der Waals surface area contributed by atoms with Gasteiger partial charge in [-0.2, -0.15) is 0 Å². The van der Waals surface area contributed by atoms with Crippen LogP contribution in [0.5, 0.6) is 11.5 Å². The second-order valence-electron chi connectivity index (χ2n) is 5.33. The zero-order valence-corrected chi connectivity index (χ0v) is 16.2. The Balaban J connectivity index is 0.00000441. The second kappa shape index (κ2) is 11.4. The lowest BCUT2D eigenvalue weighted by molar-refractivity contribution is 0.398. The van der Waals surface area contributed by atoms with E-state index in [9.17, 15) is 0 Å². The quantitative estimate of drug-likeness (QED) is 0.293. The highest BCUT2D eigenvalue weighted by Crippen LogP contribution is 2.24. The largest absolute Gasteiger partial charge is 0.497 e. The van der Waals surface area contributed by atoms with E-state index in [4.69, 9.17) is 15.2 Å². The molecule has 126 valence electrons. The van der Waals surface area contributed by atoms with E-state index in [1.165, 1.54) is 0 Å². The highest BCUT2D eigenvalue weighted by atomic mass is 127. The second-order valence-corrected chi connectivity index (χ2v) is 5.33. The highest BCUT2D eigenvalue weighted by Gasteiger charge is 2.05. The monoisotopic (exact) mass is 421 g/mol. The molecule has 5 nitrogen and oxygen atoms in total. The Bertz CT molecular complexity index is 465. The molecule has 0 aliphatic carbocycles. The van der Waals surface area contributed by atoms with Gasteiger partial charge in [-0.05, 0) is 42.5 Å². The highest BCUT2D eigenvalue weighted by molar-refractivity contribution is 14.0. The fraction of sp³-hybridized carbons (Fsp3) is 0.562.